The van der Waals surface area contributed by atoms with Crippen LogP contribution < -0.4 is 10.1 Å². The van der Waals surface area contributed by atoms with Crippen LogP contribution >= 0.6 is 11.6 Å². The maximum Gasteiger partial charge on any atom is 0.278 e. The van der Waals surface area contributed by atoms with E-state index in [1.54, 1.807) is 37.4 Å². The van der Waals surface area contributed by atoms with Gasteiger partial charge in [0.25, 0.3) is 11.8 Å². The van der Waals surface area contributed by atoms with Crippen LogP contribution in [0.3, 0.4) is 0 Å². The van der Waals surface area contributed by atoms with Crippen molar-refractivity contribution in [2.24, 2.45) is 0 Å². The average Bonchev–Trinajstić information content (AvgIpc) is 3.01. The minimum atomic E-state index is -0.390. The third-order valence-electron chi connectivity index (χ3n) is 5.24. The molecule has 31 heavy (non-hydrogen) atoms. The number of imide groups is 1. The highest BCUT2D eigenvalue weighted by Gasteiger charge is 2.39. The molecule has 5 nitrogen and oxygen atoms in total. The lowest BCUT2D eigenvalue weighted by Crippen LogP contribution is -2.32. The first kappa shape index (κ1) is 20.7. The Kier molecular flexibility index (Phi) is 5.78. The lowest BCUT2D eigenvalue weighted by Gasteiger charge is -2.16. The van der Waals surface area contributed by atoms with E-state index in [9.17, 15) is 9.59 Å². The number of amides is 2. The molecule has 1 N–H and O–H groups in total. The molecule has 0 unspecified atom stereocenters. The molecule has 0 aromatic heterocycles. The van der Waals surface area contributed by atoms with Crippen LogP contribution in [0.25, 0.3) is 5.57 Å². The zero-order valence-electron chi connectivity index (χ0n) is 17.2. The van der Waals surface area contributed by atoms with Crippen LogP contribution in [0.15, 0.2) is 78.5 Å². The van der Waals surface area contributed by atoms with Crippen molar-refractivity contribution in [3.05, 3.63) is 100 Å². The lowest BCUT2D eigenvalue weighted by atomic mass is 10.0. The van der Waals surface area contributed by atoms with Crippen LogP contribution in [0, 0.1) is 6.92 Å². The van der Waals surface area contributed by atoms with Crippen molar-refractivity contribution in [1.29, 1.82) is 0 Å². The summed E-state index contributed by atoms with van der Waals surface area (Å²) in [6.45, 7) is 2.04. The van der Waals surface area contributed by atoms with Crippen molar-refractivity contribution < 1.29 is 14.3 Å². The Hall–Kier alpha value is -3.57. The monoisotopic (exact) mass is 432 g/mol. The molecule has 0 saturated carbocycles. The number of carbonyl (C=O) groups is 2. The fraction of sp³-hybridized carbons (Fsp3) is 0.120. The van der Waals surface area contributed by atoms with Crippen molar-refractivity contribution in [2.45, 2.75) is 13.5 Å². The Bertz CT molecular complexity index is 1190. The number of ether oxygens (including phenoxy) is 1. The van der Waals surface area contributed by atoms with Crippen LogP contribution in [-0.4, -0.2) is 23.8 Å². The Balaban J connectivity index is 1.76. The van der Waals surface area contributed by atoms with E-state index in [4.69, 9.17) is 16.3 Å². The number of hydrogen-bond acceptors (Lipinski definition) is 4. The number of benzene rings is 3. The summed E-state index contributed by atoms with van der Waals surface area (Å²) >= 11 is 6.28. The number of rotatable bonds is 6. The van der Waals surface area contributed by atoms with E-state index >= 15 is 0 Å². The number of hydrogen-bond donors (Lipinski definition) is 1. The van der Waals surface area contributed by atoms with Gasteiger partial charge < -0.3 is 10.1 Å². The molecule has 0 bridgehead atoms. The van der Waals surface area contributed by atoms with Crippen LogP contribution in [-0.2, 0) is 16.1 Å². The van der Waals surface area contributed by atoms with E-state index < -0.39 is 0 Å². The molecular weight excluding hydrogens is 412 g/mol. The minimum Gasteiger partial charge on any atom is -0.497 e. The van der Waals surface area contributed by atoms with E-state index in [2.05, 4.69) is 5.32 Å². The van der Waals surface area contributed by atoms with E-state index in [0.717, 1.165) is 11.3 Å². The molecule has 0 radical (unpaired) electrons. The molecule has 0 saturated heterocycles. The van der Waals surface area contributed by atoms with Gasteiger partial charge in [0.1, 0.15) is 11.4 Å². The zero-order valence-corrected chi connectivity index (χ0v) is 17.9. The van der Waals surface area contributed by atoms with Gasteiger partial charge >= 0.3 is 0 Å². The normalized spacial score (nSPS) is 13.7. The molecule has 156 valence electrons. The molecule has 0 aliphatic carbocycles. The molecule has 0 spiro atoms. The van der Waals surface area contributed by atoms with Gasteiger partial charge in [-0.3, -0.25) is 14.5 Å². The van der Waals surface area contributed by atoms with Gasteiger partial charge in [-0.2, -0.15) is 0 Å². The van der Waals surface area contributed by atoms with Crippen molar-refractivity contribution in [3.63, 3.8) is 0 Å². The fourth-order valence-electron chi connectivity index (χ4n) is 3.51. The first-order chi connectivity index (χ1) is 15.0. The number of nitrogens with zero attached hydrogens (tertiary/aromatic N) is 1. The summed E-state index contributed by atoms with van der Waals surface area (Å²) in [6.07, 6.45) is 0. The largest absolute Gasteiger partial charge is 0.497 e. The van der Waals surface area contributed by atoms with Crippen LogP contribution in [0.4, 0.5) is 5.69 Å². The number of methoxy groups -OCH3 is 1. The number of halogens is 1. The fourth-order valence-corrected chi connectivity index (χ4v) is 3.70. The van der Waals surface area contributed by atoms with Crippen LogP contribution in [0.1, 0.15) is 16.7 Å². The maximum absolute atomic E-state index is 13.4. The number of anilines is 1. The van der Waals surface area contributed by atoms with Gasteiger partial charge in [0.15, 0.2) is 0 Å². The molecule has 0 fully saturated rings. The molecular formula is C25H21ClN2O3. The van der Waals surface area contributed by atoms with E-state index in [1.165, 1.54) is 4.90 Å². The standard InChI is InChI=1S/C25H21ClN2O3/c1-16-7-3-6-10-21(16)27-23-22(17-11-13-19(31-2)14-12-17)24(29)28(25(23)30)15-18-8-4-5-9-20(18)26/h3-14,27H,15H2,1-2H3. The quantitative estimate of drug-likeness (QED) is 0.554. The SMILES string of the molecule is COc1ccc(C2=C(Nc3ccccc3C)C(=O)N(Cc3ccccc3Cl)C2=O)cc1. The second kappa shape index (κ2) is 8.66. The average molecular weight is 433 g/mol. The highest BCUT2D eigenvalue weighted by atomic mass is 35.5. The third kappa shape index (κ3) is 4.05. The smallest absolute Gasteiger partial charge is 0.278 e. The summed E-state index contributed by atoms with van der Waals surface area (Å²) in [5.74, 6) is -0.0902. The number of nitrogens with one attached hydrogen (secondary N) is 1. The van der Waals surface area contributed by atoms with E-state index in [1.807, 2.05) is 49.4 Å². The highest BCUT2D eigenvalue weighted by molar-refractivity contribution is 6.36. The van der Waals surface area contributed by atoms with Crippen LogP contribution in [0.2, 0.25) is 5.02 Å². The molecule has 4 rings (SSSR count). The predicted octanol–water partition coefficient (Wildman–Crippen LogP) is 5.05. The zero-order chi connectivity index (χ0) is 22.0. The van der Waals surface area contributed by atoms with E-state index in [0.29, 0.717) is 27.5 Å². The molecule has 1 heterocycles. The Morgan fingerprint density at radius 2 is 1.58 bits per heavy atom. The lowest BCUT2D eigenvalue weighted by molar-refractivity contribution is -0.137. The minimum absolute atomic E-state index is 0.0932. The molecule has 2 amide bonds. The first-order valence-corrected chi connectivity index (χ1v) is 10.2. The van der Waals surface area contributed by atoms with Gasteiger partial charge in [-0.25, -0.2) is 0 Å². The van der Waals surface area contributed by atoms with Crippen molar-refractivity contribution in [1.82, 2.24) is 4.90 Å². The predicted molar refractivity (Wildman–Crippen MR) is 122 cm³/mol. The summed E-state index contributed by atoms with van der Waals surface area (Å²) in [5, 5.41) is 3.71. The summed E-state index contributed by atoms with van der Waals surface area (Å²) in [6, 6.07) is 21.9. The maximum atomic E-state index is 13.4. The summed E-state index contributed by atoms with van der Waals surface area (Å²) in [7, 11) is 1.58. The summed E-state index contributed by atoms with van der Waals surface area (Å²) in [5.41, 5.74) is 3.65. The van der Waals surface area contributed by atoms with Crippen molar-refractivity contribution in [3.8, 4) is 5.75 Å². The van der Waals surface area contributed by atoms with E-state index in [-0.39, 0.29) is 24.1 Å². The van der Waals surface area contributed by atoms with Gasteiger partial charge in [-0.15, -0.1) is 0 Å². The Labute approximate surface area is 185 Å². The van der Waals surface area contributed by atoms with Gasteiger partial charge in [0.05, 0.1) is 19.2 Å². The highest BCUT2D eigenvalue weighted by Crippen LogP contribution is 2.33. The number of carbonyl (C=O) groups excluding carboxylic acids is 2. The number of para-hydroxylation sites is 1. The Morgan fingerprint density at radius 3 is 2.26 bits per heavy atom. The molecule has 1 aliphatic rings. The second-order valence-corrected chi connectivity index (χ2v) is 7.61. The molecule has 0 atom stereocenters. The van der Waals surface area contributed by atoms with Gasteiger partial charge in [0.2, 0.25) is 0 Å². The van der Waals surface area contributed by atoms with Gasteiger partial charge in [0, 0.05) is 10.7 Å². The molecule has 3 aromatic carbocycles. The summed E-state index contributed by atoms with van der Waals surface area (Å²) in [4.78, 5) is 28.0. The van der Waals surface area contributed by atoms with Gasteiger partial charge in [-0.05, 0) is 47.9 Å². The number of aryl methyl sites for hydroxylation is 1. The topological polar surface area (TPSA) is 58.6 Å². The van der Waals surface area contributed by atoms with Crippen molar-refractivity contribution in [2.75, 3.05) is 12.4 Å². The third-order valence-corrected chi connectivity index (χ3v) is 5.61. The van der Waals surface area contributed by atoms with Crippen molar-refractivity contribution >= 4 is 34.7 Å². The van der Waals surface area contributed by atoms with Gasteiger partial charge in [-0.1, -0.05) is 60.1 Å². The Morgan fingerprint density at radius 1 is 0.903 bits per heavy atom. The summed E-state index contributed by atoms with van der Waals surface area (Å²) < 4.78 is 5.22. The molecule has 1 aliphatic heterocycles. The first-order valence-electron chi connectivity index (χ1n) is 9.80. The van der Waals surface area contributed by atoms with Crippen LogP contribution in [0.5, 0.6) is 5.75 Å². The molecule has 6 heteroatoms. The molecule has 3 aromatic rings. The second-order valence-electron chi connectivity index (χ2n) is 7.21.